The quantitative estimate of drug-likeness (QED) is 0.198. The molecule has 9 heavy (non-hydrogen) atoms. The Labute approximate surface area is 55.5 Å². The highest BCUT2D eigenvalue weighted by Gasteiger charge is 1.90. The molecule has 0 spiro atoms. The molecule has 0 aliphatic carbocycles. The summed E-state index contributed by atoms with van der Waals surface area (Å²) in [7, 11) is 0. The summed E-state index contributed by atoms with van der Waals surface area (Å²) in [5.74, 6) is 0.337. The Morgan fingerprint density at radius 2 is 2.22 bits per heavy atom. The van der Waals surface area contributed by atoms with Gasteiger partial charge < -0.3 is 10.9 Å². The molecule has 0 saturated heterocycles. The van der Waals surface area contributed by atoms with Crippen molar-refractivity contribution >= 4 is 5.84 Å². The van der Waals surface area contributed by atoms with Gasteiger partial charge in [0, 0.05) is 6.42 Å². The second-order valence-corrected chi connectivity index (χ2v) is 2.05. The normalized spacial score (nSPS) is 11.9. The Balaban J connectivity index is 3.07. The third-order valence-electron chi connectivity index (χ3n) is 1.16. The molecule has 0 bridgehead atoms. The zero-order valence-corrected chi connectivity index (χ0v) is 5.80. The van der Waals surface area contributed by atoms with E-state index in [4.69, 9.17) is 10.9 Å². The van der Waals surface area contributed by atoms with Gasteiger partial charge in [-0.1, -0.05) is 24.9 Å². The van der Waals surface area contributed by atoms with Crippen LogP contribution in [0.15, 0.2) is 5.16 Å². The minimum absolute atomic E-state index is 0.337. The Kier molecular flexibility index (Phi) is 4.97. The number of unbranched alkanes of at least 4 members (excludes halogenated alkanes) is 2. The fourth-order valence-corrected chi connectivity index (χ4v) is 0.606. The first kappa shape index (κ1) is 8.27. The SMILES string of the molecule is CCCCC/C(N)=N/O. The van der Waals surface area contributed by atoms with Gasteiger partial charge in [0.15, 0.2) is 0 Å². The summed E-state index contributed by atoms with van der Waals surface area (Å²) in [4.78, 5) is 0. The molecule has 0 aromatic heterocycles. The number of nitrogens with two attached hydrogens (primary N) is 1. The molecule has 0 unspecified atom stereocenters. The maximum Gasteiger partial charge on any atom is 0.139 e. The summed E-state index contributed by atoms with van der Waals surface area (Å²) >= 11 is 0. The molecule has 0 amide bonds. The zero-order valence-electron chi connectivity index (χ0n) is 5.80. The lowest BCUT2D eigenvalue weighted by molar-refractivity contribution is 0.316. The first-order valence-electron chi connectivity index (χ1n) is 3.27. The van der Waals surface area contributed by atoms with Crippen molar-refractivity contribution in [1.82, 2.24) is 0 Å². The van der Waals surface area contributed by atoms with Crippen LogP contribution in [0.2, 0.25) is 0 Å². The predicted molar refractivity (Wildman–Crippen MR) is 37.6 cm³/mol. The van der Waals surface area contributed by atoms with Crippen molar-refractivity contribution in [1.29, 1.82) is 0 Å². The van der Waals surface area contributed by atoms with E-state index in [2.05, 4.69) is 12.1 Å². The van der Waals surface area contributed by atoms with Crippen molar-refractivity contribution in [3.8, 4) is 0 Å². The molecule has 0 aromatic rings. The molecule has 0 rings (SSSR count). The molecule has 0 atom stereocenters. The highest BCUT2D eigenvalue weighted by atomic mass is 16.4. The van der Waals surface area contributed by atoms with Gasteiger partial charge in [0.1, 0.15) is 5.84 Å². The minimum atomic E-state index is 0.337. The van der Waals surface area contributed by atoms with Crippen LogP contribution in [0.25, 0.3) is 0 Å². The van der Waals surface area contributed by atoms with Gasteiger partial charge in [-0.15, -0.1) is 0 Å². The summed E-state index contributed by atoms with van der Waals surface area (Å²) in [6.07, 6.45) is 4.05. The number of rotatable bonds is 4. The van der Waals surface area contributed by atoms with Crippen LogP contribution in [0.1, 0.15) is 32.6 Å². The van der Waals surface area contributed by atoms with E-state index in [0.29, 0.717) is 12.3 Å². The minimum Gasteiger partial charge on any atom is -0.409 e. The molecule has 3 heteroatoms. The van der Waals surface area contributed by atoms with Crippen molar-refractivity contribution in [2.24, 2.45) is 10.9 Å². The molecule has 0 heterocycles. The standard InChI is InChI=1S/C6H14N2O/c1-2-3-4-5-6(7)8-9/h9H,2-5H2,1H3,(H2,7,8). The molecule has 3 N–H and O–H groups in total. The summed E-state index contributed by atoms with van der Waals surface area (Å²) in [6, 6.07) is 0. The molecule has 54 valence electrons. The maximum absolute atomic E-state index is 8.10. The lowest BCUT2D eigenvalue weighted by atomic mass is 10.2. The molecule has 0 saturated carbocycles. The van der Waals surface area contributed by atoms with Crippen molar-refractivity contribution in [2.45, 2.75) is 32.6 Å². The highest BCUT2D eigenvalue weighted by molar-refractivity contribution is 5.79. The van der Waals surface area contributed by atoms with E-state index in [0.717, 1.165) is 12.8 Å². The van der Waals surface area contributed by atoms with Crippen molar-refractivity contribution in [3.63, 3.8) is 0 Å². The maximum atomic E-state index is 8.10. The zero-order chi connectivity index (χ0) is 7.11. The summed E-state index contributed by atoms with van der Waals surface area (Å²) < 4.78 is 0. The third kappa shape index (κ3) is 5.14. The van der Waals surface area contributed by atoms with E-state index in [1.165, 1.54) is 6.42 Å². The fraction of sp³-hybridized carbons (Fsp3) is 0.833. The van der Waals surface area contributed by atoms with E-state index in [1.54, 1.807) is 0 Å². The van der Waals surface area contributed by atoms with Gasteiger partial charge in [0.2, 0.25) is 0 Å². The average Bonchev–Trinajstić information content (AvgIpc) is 1.89. The van der Waals surface area contributed by atoms with Crippen molar-refractivity contribution in [3.05, 3.63) is 0 Å². The Hall–Kier alpha value is -0.730. The van der Waals surface area contributed by atoms with Gasteiger partial charge in [-0.25, -0.2) is 0 Å². The van der Waals surface area contributed by atoms with E-state index < -0.39 is 0 Å². The first-order chi connectivity index (χ1) is 4.31. The number of nitrogens with zero attached hydrogens (tertiary/aromatic N) is 1. The highest BCUT2D eigenvalue weighted by Crippen LogP contribution is 1.97. The average molecular weight is 130 g/mol. The van der Waals surface area contributed by atoms with E-state index in [-0.39, 0.29) is 0 Å². The number of hydrogen-bond donors (Lipinski definition) is 2. The smallest absolute Gasteiger partial charge is 0.139 e. The number of hydrogen-bond acceptors (Lipinski definition) is 2. The van der Waals surface area contributed by atoms with E-state index in [1.807, 2.05) is 0 Å². The predicted octanol–water partition coefficient (Wildman–Crippen LogP) is 1.31. The largest absolute Gasteiger partial charge is 0.409 e. The van der Waals surface area contributed by atoms with Gasteiger partial charge in [0.25, 0.3) is 0 Å². The second kappa shape index (κ2) is 5.41. The van der Waals surface area contributed by atoms with Crippen LogP contribution in [0.4, 0.5) is 0 Å². The topological polar surface area (TPSA) is 58.6 Å². The molecule has 0 aliphatic heterocycles. The number of oxime groups is 1. The van der Waals surface area contributed by atoms with Crippen LogP contribution in [-0.2, 0) is 0 Å². The molecule has 3 nitrogen and oxygen atoms in total. The Morgan fingerprint density at radius 3 is 2.67 bits per heavy atom. The monoisotopic (exact) mass is 130 g/mol. The van der Waals surface area contributed by atoms with Crippen LogP contribution < -0.4 is 5.73 Å². The van der Waals surface area contributed by atoms with Gasteiger partial charge in [-0.2, -0.15) is 0 Å². The van der Waals surface area contributed by atoms with Gasteiger partial charge >= 0.3 is 0 Å². The van der Waals surface area contributed by atoms with Crippen LogP contribution >= 0.6 is 0 Å². The second-order valence-electron chi connectivity index (χ2n) is 2.05. The summed E-state index contributed by atoms with van der Waals surface area (Å²) in [5, 5.41) is 11.0. The molecule has 0 aromatic carbocycles. The van der Waals surface area contributed by atoms with Crippen molar-refractivity contribution in [2.75, 3.05) is 0 Å². The summed E-state index contributed by atoms with van der Waals surface area (Å²) in [5.41, 5.74) is 5.21. The molecule has 0 radical (unpaired) electrons. The lowest BCUT2D eigenvalue weighted by Gasteiger charge is -1.94. The third-order valence-corrected chi connectivity index (χ3v) is 1.16. The van der Waals surface area contributed by atoms with E-state index >= 15 is 0 Å². The first-order valence-corrected chi connectivity index (χ1v) is 3.27. The van der Waals surface area contributed by atoms with Crippen LogP contribution in [-0.4, -0.2) is 11.0 Å². The molecular weight excluding hydrogens is 116 g/mol. The van der Waals surface area contributed by atoms with Gasteiger partial charge in [-0.05, 0) is 6.42 Å². The number of amidine groups is 1. The summed E-state index contributed by atoms with van der Waals surface area (Å²) in [6.45, 7) is 2.12. The van der Waals surface area contributed by atoms with Crippen LogP contribution in [0.3, 0.4) is 0 Å². The van der Waals surface area contributed by atoms with Gasteiger partial charge in [-0.3, -0.25) is 0 Å². The van der Waals surface area contributed by atoms with Crippen molar-refractivity contribution < 1.29 is 5.21 Å². The lowest BCUT2D eigenvalue weighted by Crippen LogP contribution is -2.10. The van der Waals surface area contributed by atoms with Crippen LogP contribution in [0.5, 0.6) is 0 Å². The fourth-order valence-electron chi connectivity index (χ4n) is 0.606. The molecule has 0 aliphatic rings. The molecule has 0 fully saturated rings. The van der Waals surface area contributed by atoms with Gasteiger partial charge in [0.05, 0.1) is 0 Å². The Bertz CT molecular complexity index is 91.1. The van der Waals surface area contributed by atoms with Crippen LogP contribution in [0, 0.1) is 0 Å². The van der Waals surface area contributed by atoms with E-state index in [9.17, 15) is 0 Å². The molecular formula is C6H14N2O. The Morgan fingerprint density at radius 1 is 1.56 bits per heavy atom.